The SMILES string of the molecule is CCOP(=O)(OCC)c1coc(CBr)c1. The van der Waals surface area contributed by atoms with Crippen molar-refractivity contribution in [2.75, 3.05) is 13.2 Å². The zero-order chi connectivity index (χ0) is 11.3. The van der Waals surface area contributed by atoms with Crippen molar-refractivity contribution in [3.63, 3.8) is 0 Å². The van der Waals surface area contributed by atoms with E-state index in [9.17, 15) is 4.57 Å². The smallest absolute Gasteiger partial charge is 0.364 e. The molecule has 0 atom stereocenters. The van der Waals surface area contributed by atoms with Crippen LogP contribution in [0.4, 0.5) is 0 Å². The van der Waals surface area contributed by atoms with Gasteiger partial charge < -0.3 is 13.5 Å². The summed E-state index contributed by atoms with van der Waals surface area (Å²) in [5.74, 6) is 0.699. The summed E-state index contributed by atoms with van der Waals surface area (Å²) in [4.78, 5) is 0. The summed E-state index contributed by atoms with van der Waals surface area (Å²) in [7, 11) is -3.18. The third kappa shape index (κ3) is 3.18. The van der Waals surface area contributed by atoms with Crippen LogP contribution in [0.3, 0.4) is 0 Å². The predicted octanol–water partition coefficient (Wildman–Crippen LogP) is 3.07. The third-order valence-corrected chi connectivity index (χ3v) is 4.30. The molecule has 0 aliphatic heterocycles. The van der Waals surface area contributed by atoms with Crippen molar-refractivity contribution in [1.82, 2.24) is 0 Å². The zero-order valence-electron chi connectivity index (χ0n) is 8.73. The molecule has 0 saturated heterocycles. The molecule has 1 aromatic rings. The summed E-state index contributed by atoms with van der Waals surface area (Å²) < 4.78 is 27.7. The quantitative estimate of drug-likeness (QED) is 0.598. The van der Waals surface area contributed by atoms with Crippen LogP contribution in [0.5, 0.6) is 0 Å². The Kier molecular flexibility index (Phi) is 5.06. The molecule has 0 radical (unpaired) electrons. The molecule has 0 aliphatic carbocycles. The first kappa shape index (κ1) is 13.0. The molecule has 0 N–H and O–H groups in total. The lowest BCUT2D eigenvalue weighted by Crippen LogP contribution is -2.08. The minimum Gasteiger partial charge on any atom is -0.467 e. The minimum atomic E-state index is -3.18. The van der Waals surface area contributed by atoms with E-state index in [2.05, 4.69) is 15.9 Å². The predicted molar refractivity (Wildman–Crippen MR) is 61.8 cm³/mol. The van der Waals surface area contributed by atoms with E-state index in [4.69, 9.17) is 13.5 Å². The standard InChI is InChI=1S/C9H14BrO4P/c1-3-13-15(11,14-4-2)9-5-8(6-10)12-7-9/h5,7H,3-4,6H2,1-2H3. The fourth-order valence-corrected chi connectivity index (χ4v) is 2.94. The first-order valence-corrected chi connectivity index (χ1v) is 7.35. The van der Waals surface area contributed by atoms with Crippen LogP contribution in [0, 0.1) is 0 Å². The molecule has 4 nitrogen and oxygen atoms in total. The maximum absolute atomic E-state index is 12.2. The Morgan fingerprint density at radius 1 is 1.40 bits per heavy atom. The lowest BCUT2D eigenvalue weighted by Gasteiger charge is -2.14. The summed E-state index contributed by atoms with van der Waals surface area (Å²) in [5.41, 5.74) is 0. The highest BCUT2D eigenvalue weighted by Crippen LogP contribution is 2.47. The lowest BCUT2D eigenvalue weighted by molar-refractivity contribution is 0.230. The Morgan fingerprint density at radius 2 is 2.00 bits per heavy atom. The maximum atomic E-state index is 12.2. The van der Waals surface area contributed by atoms with Crippen molar-refractivity contribution >= 4 is 28.8 Å². The van der Waals surface area contributed by atoms with Crippen molar-refractivity contribution in [2.45, 2.75) is 19.2 Å². The molecular weight excluding hydrogens is 283 g/mol. The van der Waals surface area contributed by atoms with Gasteiger partial charge in [0.1, 0.15) is 17.3 Å². The molecule has 15 heavy (non-hydrogen) atoms. The van der Waals surface area contributed by atoms with Crippen LogP contribution in [0.25, 0.3) is 0 Å². The van der Waals surface area contributed by atoms with E-state index in [1.54, 1.807) is 19.9 Å². The first-order valence-electron chi connectivity index (χ1n) is 4.69. The molecule has 1 aromatic heterocycles. The average Bonchev–Trinajstić information content (AvgIpc) is 2.67. The molecule has 0 aliphatic rings. The van der Waals surface area contributed by atoms with Gasteiger partial charge in [0.25, 0.3) is 0 Å². The minimum absolute atomic E-state index is 0.339. The molecule has 0 spiro atoms. The van der Waals surface area contributed by atoms with E-state index in [1.165, 1.54) is 6.26 Å². The van der Waals surface area contributed by atoms with Crippen molar-refractivity contribution in [3.05, 3.63) is 18.1 Å². The molecule has 0 bridgehead atoms. The third-order valence-electron chi connectivity index (χ3n) is 1.69. The highest BCUT2D eigenvalue weighted by molar-refractivity contribution is 9.08. The average molecular weight is 297 g/mol. The van der Waals surface area contributed by atoms with E-state index in [1.807, 2.05) is 0 Å². The van der Waals surface area contributed by atoms with Gasteiger partial charge >= 0.3 is 7.60 Å². The van der Waals surface area contributed by atoms with E-state index < -0.39 is 7.60 Å². The maximum Gasteiger partial charge on any atom is 0.364 e. The van der Waals surface area contributed by atoms with Gasteiger partial charge in [-0.3, -0.25) is 4.57 Å². The fourth-order valence-electron chi connectivity index (χ4n) is 1.11. The van der Waals surface area contributed by atoms with Crippen LogP contribution in [0.1, 0.15) is 19.6 Å². The normalized spacial score (nSPS) is 11.9. The Bertz CT molecular complexity index is 340. The van der Waals surface area contributed by atoms with Crippen LogP contribution >= 0.6 is 23.5 Å². The Balaban J connectivity index is 2.93. The van der Waals surface area contributed by atoms with Crippen LogP contribution in [0.2, 0.25) is 0 Å². The van der Waals surface area contributed by atoms with Gasteiger partial charge in [0.05, 0.1) is 18.5 Å². The monoisotopic (exact) mass is 296 g/mol. The summed E-state index contributed by atoms with van der Waals surface area (Å²) >= 11 is 3.25. The molecule has 0 aromatic carbocycles. The second-order valence-electron chi connectivity index (χ2n) is 2.74. The molecule has 0 amide bonds. The van der Waals surface area contributed by atoms with Crippen LogP contribution in [-0.4, -0.2) is 13.2 Å². The van der Waals surface area contributed by atoms with Crippen molar-refractivity contribution in [1.29, 1.82) is 0 Å². The van der Waals surface area contributed by atoms with E-state index in [-0.39, 0.29) is 0 Å². The summed E-state index contributed by atoms with van der Waals surface area (Å²) in [5, 5.41) is 1.05. The van der Waals surface area contributed by atoms with Crippen LogP contribution in [0.15, 0.2) is 16.7 Å². The Labute approximate surface area is 97.6 Å². The van der Waals surface area contributed by atoms with Gasteiger partial charge in [0.15, 0.2) is 0 Å². The van der Waals surface area contributed by atoms with Gasteiger partial charge in [-0.05, 0) is 19.9 Å². The molecule has 0 unspecified atom stereocenters. The molecule has 0 fully saturated rings. The van der Waals surface area contributed by atoms with Gasteiger partial charge in [-0.2, -0.15) is 0 Å². The molecule has 1 rings (SSSR count). The number of alkyl halides is 1. The second-order valence-corrected chi connectivity index (χ2v) is 5.33. The number of halogens is 1. The van der Waals surface area contributed by atoms with E-state index >= 15 is 0 Å². The fraction of sp³-hybridized carbons (Fsp3) is 0.556. The van der Waals surface area contributed by atoms with E-state index in [0.717, 1.165) is 0 Å². The molecule has 0 saturated carbocycles. The largest absolute Gasteiger partial charge is 0.467 e. The van der Waals surface area contributed by atoms with E-state index in [0.29, 0.717) is 29.6 Å². The van der Waals surface area contributed by atoms with Gasteiger partial charge in [-0.1, -0.05) is 15.9 Å². The summed E-state index contributed by atoms with van der Waals surface area (Å²) in [6.45, 7) is 4.23. The van der Waals surface area contributed by atoms with Crippen molar-refractivity contribution in [2.24, 2.45) is 0 Å². The highest BCUT2D eigenvalue weighted by Gasteiger charge is 2.28. The van der Waals surface area contributed by atoms with Crippen LogP contribution < -0.4 is 5.30 Å². The molecule has 6 heteroatoms. The Morgan fingerprint density at radius 3 is 2.40 bits per heavy atom. The van der Waals surface area contributed by atoms with Gasteiger partial charge in [0.2, 0.25) is 0 Å². The van der Waals surface area contributed by atoms with Gasteiger partial charge in [-0.15, -0.1) is 0 Å². The first-order chi connectivity index (χ1) is 7.16. The number of hydrogen-bond acceptors (Lipinski definition) is 4. The Hall–Kier alpha value is -0.0900. The second kappa shape index (κ2) is 5.85. The number of furan rings is 1. The highest BCUT2D eigenvalue weighted by atomic mass is 79.9. The summed E-state index contributed by atoms with van der Waals surface area (Å²) in [6, 6.07) is 1.68. The number of hydrogen-bond donors (Lipinski definition) is 0. The topological polar surface area (TPSA) is 48.7 Å². The van der Waals surface area contributed by atoms with Gasteiger partial charge in [0, 0.05) is 0 Å². The molecule has 1 heterocycles. The number of rotatable bonds is 6. The molecule has 86 valence electrons. The van der Waals surface area contributed by atoms with Crippen molar-refractivity contribution < 1.29 is 18.0 Å². The van der Waals surface area contributed by atoms with Gasteiger partial charge in [-0.25, -0.2) is 0 Å². The van der Waals surface area contributed by atoms with Crippen molar-refractivity contribution in [3.8, 4) is 0 Å². The molecular formula is C9H14BrO4P. The zero-order valence-corrected chi connectivity index (χ0v) is 11.2. The summed E-state index contributed by atoms with van der Waals surface area (Å²) in [6.07, 6.45) is 1.42. The van der Waals surface area contributed by atoms with Crippen LogP contribution in [-0.2, 0) is 18.9 Å². The lowest BCUT2D eigenvalue weighted by atomic mass is 10.5.